The van der Waals surface area contributed by atoms with Crippen LogP contribution in [0.25, 0.3) is 11.4 Å². The second-order valence-electron chi connectivity index (χ2n) is 5.81. The molecule has 0 aliphatic heterocycles. The normalized spacial score (nSPS) is 10.4. The number of aromatic nitrogens is 2. The molecule has 0 fully saturated rings. The molecule has 28 heavy (non-hydrogen) atoms. The largest absolute Gasteiger partial charge is 0.497 e. The summed E-state index contributed by atoms with van der Waals surface area (Å²) in [5.41, 5.74) is 1.95. The number of carbonyl (C=O) groups excluding carboxylic acids is 1. The topological polar surface area (TPSA) is 98.5 Å². The predicted octanol–water partition coefficient (Wildman–Crippen LogP) is 3.98. The fourth-order valence-corrected chi connectivity index (χ4v) is 2.72. The highest BCUT2D eigenvalue weighted by molar-refractivity contribution is 6.33. The Bertz CT molecular complexity index is 990. The van der Waals surface area contributed by atoms with Crippen LogP contribution >= 0.6 is 11.6 Å². The van der Waals surface area contributed by atoms with Gasteiger partial charge in [-0.05, 0) is 30.3 Å². The molecule has 0 bridgehead atoms. The zero-order chi connectivity index (χ0) is 20.1. The molecule has 0 aliphatic carbocycles. The first-order chi connectivity index (χ1) is 13.5. The van der Waals surface area contributed by atoms with Crippen LogP contribution in [0.15, 0.2) is 40.9 Å². The number of hydrogen-bond acceptors (Lipinski definition) is 7. The third-order valence-corrected chi connectivity index (χ3v) is 4.16. The molecule has 0 aliphatic rings. The first-order valence-corrected chi connectivity index (χ1v) is 8.74. The van der Waals surface area contributed by atoms with Gasteiger partial charge in [0.25, 0.3) is 0 Å². The standard InChI is InChI=1S/C19H19ClN4O4/c1-11(25)22-12-4-7-15(20)16(8-12)21-10-18-23-19(24-28-18)14-6-5-13(26-2)9-17(14)27-3/h4-9,21H,10H2,1-3H3,(H,22,25). The fourth-order valence-electron chi connectivity index (χ4n) is 2.53. The molecule has 8 nitrogen and oxygen atoms in total. The third-order valence-electron chi connectivity index (χ3n) is 3.83. The van der Waals surface area contributed by atoms with Gasteiger partial charge in [0.1, 0.15) is 11.5 Å². The van der Waals surface area contributed by atoms with Crippen LogP contribution in [0.1, 0.15) is 12.8 Å². The number of benzene rings is 2. The van der Waals surface area contributed by atoms with Gasteiger partial charge in [-0.2, -0.15) is 4.98 Å². The van der Waals surface area contributed by atoms with Crippen LogP contribution in [0.5, 0.6) is 11.5 Å². The van der Waals surface area contributed by atoms with E-state index < -0.39 is 0 Å². The van der Waals surface area contributed by atoms with Crippen molar-refractivity contribution < 1.29 is 18.8 Å². The molecule has 2 N–H and O–H groups in total. The number of ether oxygens (including phenoxy) is 2. The number of methoxy groups -OCH3 is 2. The summed E-state index contributed by atoms with van der Waals surface area (Å²) in [6.07, 6.45) is 0. The number of rotatable bonds is 7. The molecule has 0 radical (unpaired) electrons. The van der Waals surface area contributed by atoms with Crippen molar-refractivity contribution in [1.82, 2.24) is 10.1 Å². The lowest BCUT2D eigenvalue weighted by Crippen LogP contribution is -2.07. The van der Waals surface area contributed by atoms with Gasteiger partial charge in [-0.3, -0.25) is 4.79 Å². The molecule has 146 valence electrons. The summed E-state index contributed by atoms with van der Waals surface area (Å²) in [7, 11) is 3.14. The molecule has 0 unspecified atom stereocenters. The molecule has 0 atom stereocenters. The molecule has 3 rings (SSSR count). The molecule has 1 heterocycles. The molecule has 1 amide bonds. The first-order valence-electron chi connectivity index (χ1n) is 8.36. The van der Waals surface area contributed by atoms with Gasteiger partial charge in [0.05, 0.1) is 37.0 Å². The number of nitrogens with one attached hydrogen (secondary N) is 2. The number of amides is 1. The van der Waals surface area contributed by atoms with Crippen molar-refractivity contribution in [3.8, 4) is 22.9 Å². The van der Waals surface area contributed by atoms with E-state index in [-0.39, 0.29) is 12.5 Å². The maximum atomic E-state index is 11.2. The first kappa shape index (κ1) is 19.5. The van der Waals surface area contributed by atoms with Gasteiger partial charge >= 0.3 is 0 Å². The van der Waals surface area contributed by atoms with Crippen molar-refractivity contribution in [2.45, 2.75) is 13.5 Å². The van der Waals surface area contributed by atoms with Crippen molar-refractivity contribution in [3.05, 3.63) is 47.3 Å². The Morgan fingerprint density at radius 1 is 1.18 bits per heavy atom. The van der Waals surface area contributed by atoms with Crippen LogP contribution in [0.2, 0.25) is 5.02 Å². The second kappa shape index (κ2) is 8.62. The summed E-state index contributed by atoms with van der Waals surface area (Å²) in [5.74, 6) is 1.84. The Labute approximate surface area is 166 Å². The monoisotopic (exact) mass is 402 g/mol. The summed E-state index contributed by atoms with van der Waals surface area (Å²) < 4.78 is 15.9. The van der Waals surface area contributed by atoms with Gasteiger partial charge in [0.15, 0.2) is 0 Å². The average Bonchev–Trinajstić information content (AvgIpc) is 3.16. The van der Waals surface area contributed by atoms with Crippen molar-refractivity contribution in [2.24, 2.45) is 0 Å². The maximum absolute atomic E-state index is 11.2. The van der Waals surface area contributed by atoms with Gasteiger partial charge in [-0.15, -0.1) is 0 Å². The number of nitrogens with zero attached hydrogens (tertiary/aromatic N) is 2. The summed E-state index contributed by atoms with van der Waals surface area (Å²) in [5, 5.41) is 10.3. The fraction of sp³-hybridized carbons (Fsp3) is 0.211. The lowest BCUT2D eigenvalue weighted by Gasteiger charge is -2.09. The molecule has 0 saturated carbocycles. The lowest BCUT2D eigenvalue weighted by molar-refractivity contribution is -0.114. The number of carbonyl (C=O) groups is 1. The lowest BCUT2D eigenvalue weighted by atomic mass is 10.2. The molecule has 0 saturated heterocycles. The number of hydrogen-bond donors (Lipinski definition) is 2. The molecule has 3 aromatic rings. The molecule has 2 aromatic carbocycles. The zero-order valence-electron chi connectivity index (χ0n) is 15.6. The van der Waals surface area contributed by atoms with Gasteiger partial charge in [-0.25, -0.2) is 0 Å². The van der Waals surface area contributed by atoms with Crippen LogP contribution < -0.4 is 20.1 Å². The van der Waals surface area contributed by atoms with Crippen LogP contribution in [0, 0.1) is 0 Å². The molecule has 1 aromatic heterocycles. The molecular weight excluding hydrogens is 384 g/mol. The van der Waals surface area contributed by atoms with Crippen LogP contribution in [-0.2, 0) is 11.3 Å². The van der Waals surface area contributed by atoms with E-state index >= 15 is 0 Å². The maximum Gasteiger partial charge on any atom is 0.246 e. The minimum absolute atomic E-state index is 0.164. The molecular formula is C19H19ClN4O4. The SMILES string of the molecule is COc1ccc(-c2noc(CNc3cc(NC(C)=O)ccc3Cl)n2)c(OC)c1. The second-order valence-corrected chi connectivity index (χ2v) is 6.21. The van der Waals surface area contributed by atoms with Gasteiger partial charge in [0, 0.05) is 18.7 Å². The Morgan fingerprint density at radius 3 is 2.71 bits per heavy atom. The predicted molar refractivity (Wildman–Crippen MR) is 106 cm³/mol. The van der Waals surface area contributed by atoms with Gasteiger partial charge in [0.2, 0.25) is 17.6 Å². The van der Waals surface area contributed by atoms with Gasteiger partial charge < -0.3 is 24.6 Å². The van der Waals surface area contributed by atoms with E-state index in [9.17, 15) is 4.79 Å². The number of halogens is 1. The highest BCUT2D eigenvalue weighted by Crippen LogP contribution is 2.32. The van der Waals surface area contributed by atoms with E-state index in [4.69, 9.17) is 25.6 Å². The Kier molecular flexibility index (Phi) is 6.00. The summed E-state index contributed by atoms with van der Waals surface area (Å²) >= 11 is 6.20. The average molecular weight is 403 g/mol. The Balaban J connectivity index is 1.75. The van der Waals surface area contributed by atoms with Crippen molar-refractivity contribution >= 4 is 28.9 Å². The number of anilines is 2. The minimum Gasteiger partial charge on any atom is -0.497 e. The van der Waals surface area contributed by atoms with E-state index in [1.807, 2.05) is 0 Å². The zero-order valence-corrected chi connectivity index (χ0v) is 16.3. The minimum atomic E-state index is -0.164. The summed E-state index contributed by atoms with van der Waals surface area (Å²) in [6, 6.07) is 10.5. The summed E-state index contributed by atoms with van der Waals surface area (Å²) in [6.45, 7) is 1.70. The van der Waals surface area contributed by atoms with Gasteiger partial charge in [-0.1, -0.05) is 16.8 Å². The Hall–Kier alpha value is -3.26. The molecule has 9 heteroatoms. The smallest absolute Gasteiger partial charge is 0.246 e. The molecule has 0 spiro atoms. The van der Waals surface area contributed by atoms with E-state index in [0.717, 1.165) is 0 Å². The van der Waals surface area contributed by atoms with Crippen molar-refractivity contribution in [2.75, 3.05) is 24.9 Å². The van der Waals surface area contributed by atoms with Crippen LogP contribution in [0.3, 0.4) is 0 Å². The third kappa shape index (κ3) is 4.52. The van der Waals surface area contributed by atoms with E-state index in [2.05, 4.69) is 20.8 Å². The van der Waals surface area contributed by atoms with E-state index in [0.29, 0.717) is 45.2 Å². The van der Waals surface area contributed by atoms with E-state index in [1.165, 1.54) is 6.92 Å². The van der Waals surface area contributed by atoms with Crippen molar-refractivity contribution in [3.63, 3.8) is 0 Å². The van der Waals surface area contributed by atoms with Crippen molar-refractivity contribution in [1.29, 1.82) is 0 Å². The quantitative estimate of drug-likeness (QED) is 0.616. The van der Waals surface area contributed by atoms with Crippen LogP contribution in [0.4, 0.5) is 11.4 Å². The van der Waals surface area contributed by atoms with Crippen LogP contribution in [-0.4, -0.2) is 30.3 Å². The van der Waals surface area contributed by atoms with E-state index in [1.54, 1.807) is 50.6 Å². The highest BCUT2D eigenvalue weighted by Gasteiger charge is 2.14. The Morgan fingerprint density at radius 2 is 2.00 bits per heavy atom. The summed E-state index contributed by atoms with van der Waals surface area (Å²) in [4.78, 5) is 15.6. The highest BCUT2D eigenvalue weighted by atomic mass is 35.5.